The number of carbonyl (C=O) groups is 1. The van der Waals surface area contributed by atoms with Crippen LogP contribution in [0, 0.1) is 5.82 Å². The number of alkyl halides is 3. The van der Waals surface area contributed by atoms with E-state index in [9.17, 15) is 22.4 Å². The van der Waals surface area contributed by atoms with Crippen molar-refractivity contribution in [3.05, 3.63) is 65.5 Å². The van der Waals surface area contributed by atoms with Crippen LogP contribution in [-0.4, -0.2) is 39.3 Å². The molecular formula is C23H23F4N5O2. The summed E-state index contributed by atoms with van der Waals surface area (Å²) in [4.78, 5) is 20.8. The van der Waals surface area contributed by atoms with Gasteiger partial charge in [0.25, 0.3) is 11.9 Å². The molecule has 1 aliphatic carbocycles. The molecule has 2 aromatic heterocycles. The van der Waals surface area contributed by atoms with Gasteiger partial charge in [0.1, 0.15) is 5.82 Å². The first-order chi connectivity index (χ1) is 16.2. The van der Waals surface area contributed by atoms with Gasteiger partial charge in [-0.05, 0) is 30.5 Å². The van der Waals surface area contributed by atoms with Crippen molar-refractivity contribution in [1.82, 2.24) is 25.1 Å². The highest BCUT2D eigenvalue weighted by Gasteiger charge is 2.40. The molecule has 7 nitrogen and oxygen atoms in total. The number of ether oxygens (including phenoxy) is 1. The molecule has 2 heterocycles. The fourth-order valence-corrected chi connectivity index (χ4v) is 4.33. The van der Waals surface area contributed by atoms with Crippen molar-refractivity contribution in [3.8, 4) is 11.7 Å². The number of hydrogen-bond donors (Lipinski definition) is 1. The maximum atomic E-state index is 13.7. The number of amides is 1. The molecule has 11 heteroatoms. The Morgan fingerprint density at radius 1 is 1.12 bits per heavy atom. The summed E-state index contributed by atoms with van der Waals surface area (Å²) in [6.07, 6.45) is 3.01. The predicted octanol–water partition coefficient (Wildman–Crippen LogP) is 4.46. The van der Waals surface area contributed by atoms with Crippen LogP contribution in [0.15, 0.2) is 42.9 Å². The first-order valence-corrected chi connectivity index (χ1v) is 10.8. The average Bonchev–Trinajstić information content (AvgIpc) is 3.30. The lowest BCUT2D eigenvalue weighted by atomic mass is 9.69. The van der Waals surface area contributed by atoms with Crippen LogP contribution in [0.1, 0.15) is 53.7 Å². The molecule has 1 N–H and O–H groups in total. The van der Waals surface area contributed by atoms with Crippen LogP contribution >= 0.6 is 0 Å². The third kappa shape index (κ3) is 4.87. The molecule has 0 unspecified atom stereocenters. The van der Waals surface area contributed by atoms with E-state index in [0.29, 0.717) is 5.75 Å². The Kier molecular flexibility index (Phi) is 6.54. The third-order valence-corrected chi connectivity index (χ3v) is 6.14. The van der Waals surface area contributed by atoms with E-state index in [1.807, 2.05) is 0 Å². The number of methoxy groups -OCH3 is 1. The van der Waals surface area contributed by atoms with E-state index in [-0.39, 0.29) is 18.3 Å². The van der Waals surface area contributed by atoms with Gasteiger partial charge < -0.3 is 10.1 Å². The van der Waals surface area contributed by atoms with Gasteiger partial charge in [-0.15, -0.1) is 0 Å². The van der Waals surface area contributed by atoms with E-state index in [0.717, 1.165) is 48.5 Å². The van der Waals surface area contributed by atoms with Crippen LogP contribution in [0.4, 0.5) is 17.6 Å². The summed E-state index contributed by atoms with van der Waals surface area (Å²) in [7, 11) is 1.40. The van der Waals surface area contributed by atoms with Crippen molar-refractivity contribution < 1.29 is 27.1 Å². The van der Waals surface area contributed by atoms with Crippen molar-refractivity contribution >= 4 is 5.91 Å². The van der Waals surface area contributed by atoms with Crippen molar-refractivity contribution in [2.24, 2.45) is 0 Å². The molecule has 0 bridgehead atoms. The highest BCUT2D eigenvalue weighted by atomic mass is 19.4. The molecule has 1 amide bonds. The first-order valence-electron chi connectivity index (χ1n) is 10.8. The van der Waals surface area contributed by atoms with Crippen molar-refractivity contribution in [3.63, 3.8) is 0 Å². The Labute approximate surface area is 193 Å². The van der Waals surface area contributed by atoms with Gasteiger partial charge in [-0.2, -0.15) is 18.3 Å². The van der Waals surface area contributed by atoms with E-state index in [1.54, 1.807) is 12.1 Å². The highest BCUT2D eigenvalue weighted by Crippen LogP contribution is 2.39. The fourth-order valence-electron chi connectivity index (χ4n) is 4.33. The van der Waals surface area contributed by atoms with Crippen LogP contribution in [0.3, 0.4) is 0 Å². The Morgan fingerprint density at radius 3 is 2.35 bits per heavy atom. The second-order valence-corrected chi connectivity index (χ2v) is 8.29. The largest absolute Gasteiger partial charge is 0.494 e. The van der Waals surface area contributed by atoms with Crippen LogP contribution < -0.4 is 10.1 Å². The molecule has 1 fully saturated rings. The lowest BCUT2D eigenvalue weighted by molar-refractivity contribution is -0.141. The van der Waals surface area contributed by atoms with Gasteiger partial charge >= 0.3 is 6.18 Å². The Balaban J connectivity index is 1.61. The molecule has 1 saturated carbocycles. The summed E-state index contributed by atoms with van der Waals surface area (Å²) in [6, 6.07) is 6.06. The molecular weight excluding hydrogens is 454 g/mol. The van der Waals surface area contributed by atoms with E-state index in [4.69, 9.17) is 4.74 Å². The van der Waals surface area contributed by atoms with Crippen LogP contribution in [0.25, 0.3) is 5.95 Å². The quantitative estimate of drug-likeness (QED) is 0.530. The molecule has 0 atom stereocenters. The zero-order chi connectivity index (χ0) is 24.3. The monoisotopic (exact) mass is 477 g/mol. The van der Waals surface area contributed by atoms with E-state index >= 15 is 0 Å². The molecule has 0 aliphatic heterocycles. The van der Waals surface area contributed by atoms with Gasteiger partial charge in [-0.25, -0.2) is 19.0 Å². The molecule has 0 saturated heterocycles. The van der Waals surface area contributed by atoms with E-state index < -0.39 is 28.8 Å². The molecule has 4 rings (SSSR count). The number of nitrogens with zero attached hydrogens (tertiary/aromatic N) is 4. The number of hydrogen-bond acceptors (Lipinski definition) is 5. The predicted molar refractivity (Wildman–Crippen MR) is 114 cm³/mol. The molecule has 34 heavy (non-hydrogen) atoms. The zero-order valence-electron chi connectivity index (χ0n) is 18.4. The minimum atomic E-state index is -4.86. The molecule has 1 aromatic carbocycles. The SMILES string of the molecule is COc1cnc(-n2cc(C(=O)NCC3(c4ccc(F)cc4)CCCCC3)c(C(F)(F)F)n2)nc1. The second kappa shape index (κ2) is 9.40. The number of nitrogens with one attached hydrogen (secondary N) is 1. The molecule has 0 radical (unpaired) electrons. The fraction of sp³-hybridized carbons (Fsp3) is 0.391. The maximum absolute atomic E-state index is 13.7. The number of aromatic nitrogens is 4. The summed E-state index contributed by atoms with van der Waals surface area (Å²) in [6.45, 7) is 0.124. The highest BCUT2D eigenvalue weighted by molar-refractivity contribution is 5.95. The van der Waals surface area contributed by atoms with Gasteiger partial charge in [0.15, 0.2) is 11.4 Å². The van der Waals surface area contributed by atoms with Gasteiger partial charge in [0.05, 0.1) is 25.1 Å². The summed E-state index contributed by atoms with van der Waals surface area (Å²) in [5, 5.41) is 6.20. The smallest absolute Gasteiger partial charge is 0.435 e. The van der Waals surface area contributed by atoms with E-state index in [2.05, 4.69) is 20.4 Å². The Bertz CT molecular complexity index is 1140. The van der Waals surface area contributed by atoms with Crippen LogP contribution in [0.2, 0.25) is 0 Å². The van der Waals surface area contributed by atoms with Gasteiger partial charge in [0, 0.05) is 18.2 Å². The zero-order valence-corrected chi connectivity index (χ0v) is 18.4. The summed E-state index contributed by atoms with van der Waals surface area (Å²) < 4.78 is 60.2. The second-order valence-electron chi connectivity index (χ2n) is 8.29. The van der Waals surface area contributed by atoms with Gasteiger partial charge in [-0.3, -0.25) is 4.79 Å². The Hall–Kier alpha value is -3.50. The molecule has 180 valence electrons. The topological polar surface area (TPSA) is 81.9 Å². The van der Waals surface area contributed by atoms with Crippen LogP contribution in [0.5, 0.6) is 5.75 Å². The molecule has 0 spiro atoms. The Morgan fingerprint density at radius 2 is 1.76 bits per heavy atom. The maximum Gasteiger partial charge on any atom is 0.435 e. The molecule has 1 aliphatic rings. The normalized spacial score (nSPS) is 15.7. The number of rotatable bonds is 6. The number of carbonyl (C=O) groups excluding carboxylic acids is 1. The van der Waals surface area contributed by atoms with E-state index in [1.165, 1.54) is 31.6 Å². The van der Waals surface area contributed by atoms with Gasteiger partial charge in [-0.1, -0.05) is 31.4 Å². The number of halogens is 4. The van der Waals surface area contributed by atoms with Crippen LogP contribution in [-0.2, 0) is 11.6 Å². The summed E-state index contributed by atoms with van der Waals surface area (Å²) in [5.74, 6) is -1.09. The first kappa shape index (κ1) is 23.7. The summed E-state index contributed by atoms with van der Waals surface area (Å²) >= 11 is 0. The minimum absolute atomic E-state index is 0.124. The van der Waals surface area contributed by atoms with Crippen molar-refractivity contribution in [1.29, 1.82) is 0 Å². The van der Waals surface area contributed by atoms with Gasteiger partial charge in [0.2, 0.25) is 0 Å². The van der Waals surface area contributed by atoms with Crippen molar-refractivity contribution in [2.45, 2.75) is 43.7 Å². The molecule has 3 aromatic rings. The lowest BCUT2D eigenvalue weighted by Gasteiger charge is -2.38. The van der Waals surface area contributed by atoms with Crippen molar-refractivity contribution in [2.75, 3.05) is 13.7 Å². The number of benzene rings is 1. The summed E-state index contributed by atoms with van der Waals surface area (Å²) in [5.41, 5.74) is -1.58. The average molecular weight is 477 g/mol. The third-order valence-electron chi connectivity index (χ3n) is 6.14. The lowest BCUT2D eigenvalue weighted by Crippen LogP contribution is -2.42. The standard InChI is InChI=1S/C23H23F4N5O2/c1-34-17-11-28-21(29-12-17)32-13-18(19(31-32)23(25,26)27)20(33)30-14-22(9-3-2-4-10-22)15-5-7-16(24)8-6-15/h5-8,11-13H,2-4,9-10,14H2,1H3,(H,30,33). The minimum Gasteiger partial charge on any atom is -0.494 e.